The minimum absolute atomic E-state index is 0.228. The molecule has 10 rings (SSSR count). The predicted molar refractivity (Wildman–Crippen MR) is 363 cm³/mol. The van der Waals surface area contributed by atoms with Crippen LogP contribution < -0.4 is 11.1 Å². The topological polar surface area (TPSA) is 101 Å². The van der Waals surface area contributed by atoms with Gasteiger partial charge in [0.2, 0.25) is 5.91 Å². The molecule has 13 nitrogen and oxygen atoms in total. The SMILES string of the molecule is CC(=O)N1CCCC(C)C1.CC1CCCCN1C.CC1CCCCN1C.CC1CCCN(C)C1.CC1CCCN(C)C1.CC1CCN(C(N)=O)CC1.CC1CCN(C)CC1.CC1CCN(C)CC1.CC1CCN(C)CC1.CC1CCNCC1. The fraction of sp³-hybridized carbons (Fsp3) is 0.971. The number of hydrogen-bond donors (Lipinski definition) is 2. The first-order chi connectivity index (χ1) is 39.3. The summed E-state index contributed by atoms with van der Waals surface area (Å²) in [6, 6.07) is 1.40. The lowest BCUT2D eigenvalue weighted by Crippen LogP contribution is -2.41. The van der Waals surface area contributed by atoms with Crippen LogP contribution in [-0.4, -0.2) is 235 Å². The average Bonchev–Trinajstić information content (AvgIpc) is 3.45. The molecule has 0 radical (unpaired) electrons. The Balaban J connectivity index is 0.000000462. The lowest BCUT2D eigenvalue weighted by atomic mass is 10.00. The maximum atomic E-state index is 10.9. The first kappa shape index (κ1) is 79.4. The molecule has 5 atom stereocenters. The van der Waals surface area contributed by atoms with Crippen LogP contribution in [0.5, 0.6) is 0 Å². The first-order valence-corrected chi connectivity index (χ1v) is 35.2. The maximum absolute atomic E-state index is 10.9. The molecule has 5 unspecified atom stereocenters. The van der Waals surface area contributed by atoms with Crippen LogP contribution in [0.15, 0.2) is 0 Å². The van der Waals surface area contributed by atoms with Crippen molar-refractivity contribution >= 4 is 11.9 Å². The number of likely N-dealkylation sites (tertiary alicyclic amines) is 9. The van der Waals surface area contributed by atoms with Crippen LogP contribution in [0, 0.1) is 47.3 Å². The van der Waals surface area contributed by atoms with E-state index in [0.29, 0.717) is 5.92 Å². The second-order valence-corrected chi connectivity index (χ2v) is 29.3. The summed E-state index contributed by atoms with van der Waals surface area (Å²) in [4.78, 5) is 42.0. The van der Waals surface area contributed by atoms with Gasteiger partial charge in [0, 0.05) is 58.3 Å². The van der Waals surface area contributed by atoms with Crippen molar-refractivity contribution in [3.63, 3.8) is 0 Å². The molecule has 10 saturated heterocycles. The smallest absolute Gasteiger partial charge is 0.314 e. The van der Waals surface area contributed by atoms with Crippen molar-refractivity contribution in [2.45, 2.75) is 230 Å². The van der Waals surface area contributed by atoms with Crippen LogP contribution in [0.2, 0.25) is 0 Å². The van der Waals surface area contributed by atoms with Gasteiger partial charge in [-0.3, -0.25) is 4.79 Å². The molecular formula is C70H147N11O2. The highest BCUT2D eigenvalue weighted by atomic mass is 16.2. The number of nitrogens with two attached hydrogens (primary N) is 1. The third kappa shape index (κ3) is 43.7. The number of primary amides is 1. The summed E-state index contributed by atoms with van der Waals surface area (Å²) in [6.07, 6.45) is 30.0. The standard InChI is InChI=1S/C8H15NO.C7H14N2O.7C7H15N.C6H13N/c1-7-4-3-5-9(6-7)8(2)10;1-6-2-4-9(5-3-6)7(8)10;3*1-7-3-5-8(2)6-4-7;2*1-7-4-3-5-8(2)6-7;2*1-7-5-3-4-6-8(7)2;1-6-2-4-7-5-3-6/h7H,3-6H2,1-2H3;6H,2-5H2,1H3,(H2,8,10);7*7H,3-6H2,1-2H3;6-7H,2-5H2,1H3. The molecule has 3 amide bonds. The molecule has 0 aromatic rings. The van der Waals surface area contributed by atoms with E-state index in [1.165, 1.54) is 220 Å². The van der Waals surface area contributed by atoms with Gasteiger partial charge >= 0.3 is 6.03 Å². The van der Waals surface area contributed by atoms with Crippen molar-refractivity contribution in [2.24, 2.45) is 53.1 Å². The molecule has 10 aliphatic rings. The Morgan fingerprint density at radius 2 is 0.627 bits per heavy atom. The fourth-order valence-electron chi connectivity index (χ4n) is 12.4. The summed E-state index contributed by atoms with van der Waals surface area (Å²) in [6.45, 7) is 46.5. The summed E-state index contributed by atoms with van der Waals surface area (Å²) < 4.78 is 0. The zero-order chi connectivity index (χ0) is 62.1. The molecule has 83 heavy (non-hydrogen) atoms. The quantitative estimate of drug-likeness (QED) is 0.244. The molecule has 0 aromatic heterocycles. The number of urea groups is 1. The van der Waals surface area contributed by atoms with Crippen LogP contribution in [0.3, 0.4) is 0 Å². The van der Waals surface area contributed by atoms with Crippen molar-refractivity contribution in [3.05, 3.63) is 0 Å². The molecule has 10 heterocycles. The van der Waals surface area contributed by atoms with Crippen LogP contribution in [0.4, 0.5) is 4.79 Å². The highest BCUT2D eigenvalue weighted by Gasteiger charge is 2.20. The van der Waals surface area contributed by atoms with E-state index in [4.69, 9.17) is 5.73 Å². The molecule has 0 spiro atoms. The van der Waals surface area contributed by atoms with E-state index >= 15 is 0 Å². The second kappa shape index (κ2) is 48.4. The number of carbonyl (C=O) groups is 2. The van der Waals surface area contributed by atoms with Gasteiger partial charge in [-0.15, -0.1) is 0 Å². The van der Waals surface area contributed by atoms with Gasteiger partial charge in [-0.1, -0.05) is 68.2 Å². The Morgan fingerprint density at radius 3 is 0.831 bits per heavy atom. The average molecular weight is 1180 g/mol. The van der Waals surface area contributed by atoms with E-state index in [9.17, 15) is 9.59 Å². The number of rotatable bonds is 0. The fourth-order valence-corrected chi connectivity index (χ4v) is 12.4. The number of amides is 3. The van der Waals surface area contributed by atoms with Crippen LogP contribution >= 0.6 is 0 Å². The van der Waals surface area contributed by atoms with E-state index in [0.717, 1.165) is 92.5 Å². The van der Waals surface area contributed by atoms with Crippen molar-refractivity contribution < 1.29 is 9.59 Å². The van der Waals surface area contributed by atoms with Crippen LogP contribution in [-0.2, 0) is 4.79 Å². The largest absolute Gasteiger partial charge is 0.351 e. The highest BCUT2D eigenvalue weighted by Crippen LogP contribution is 2.20. The summed E-state index contributed by atoms with van der Waals surface area (Å²) in [5.74, 6) is 7.48. The van der Waals surface area contributed by atoms with Gasteiger partial charge in [0.1, 0.15) is 0 Å². The van der Waals surface area contributed by atoms with Gasteiger partial charge in [0.15, 0.2) is 0 Å². The van der Waals surface area contributed by atoms with Gasteiger partial charge < -0.3 is 55.1 Å². The normalized spacial score (nSPS) is 28.2. The molecular weight excluding hydrogens is 1030 g/mol. The number of piperidine rings is 10. The van der Waals surface area contributed by atoms with Crippen molar-refractivity contribution in [1.29, 1.82) is 0 Å². The Morgan fingerprint density at radius 1 is 0.313 bits per heavy atom. The Hall–Kier alpha value is -1.58. The zero-order valence-corrected chi connectivity index (χ0v) is 59.0. The van der Waals surface area contributed by atoms with Crippen molar-refractivity contribution in [3.8, 4) is 0 Å². The van der Waals surface area contributed by atoms with E-state index in [2.05, 4.69) is 158 Å². The second-order valence-electron chi connectivity index (χ2n) is 29.3. The third-order valence-electron chi connectivity index (χ3n) is 19.8. The first-order valence-electron chi connectivity index (χ1n) is 35.2. The van der Waals surface area contributed by atoms with Gasteiger partial charge in [0.25, 0.3) is 0 Å². The Labute approximate surface area is 518 Å². The van der Waals surface area contributed by atoms with Gasteiger partial charge in [-0.2, -0.15) is 0 Å². The van der Waals surface area contributed by atoms with Crippen molar-refractivity contribution in [2.75, 3.05) is 167 Å². The number of carbonyl (C=O) groups excluding carboxylic acids is 2. The minimum Gasteiger partial charge on any atom is -0.351 e. The van der Waals surface area contributed by atoms with E-state index < -0.39 is 0 Å². The van der Waals surface area contributed by atoms with Crippen LogP contribution in [0.1, 0.15) is 217 Å². The summed E-state index contributed by atoms with van der Waals surface area (Å²) >= 11 is 0. The molecule has 494 valence electrons. The van der Waals surface area contributed by atoms with E-state index in [-0.39, 0.29) is 11.9 Å². The lowest BCUT2D eigenvalue weighted by Gasteiger charge is -2.29. The molecule has 10 aliphatic heterocycles. The lowest BCUT2D eigenvalue weighted by molar-refractivity contribution is -0.130. The molecule has 0 saturated carbocycles. The van der Waals surface area contributed by atoms with Crippen LogP contribution in [0.25, 0.3) is 0 Å². The molecule has 0 aliphatic carbocycles. The summed E-state index contributed by atoms with van der Waals surface area (Å²) in [5.41, 5.74) is 5.10. The van der Waals surface area contributed by atoms with Gasteiger partial charge in [-0.05, 0) is 317 Å². The highest BCUT2D eigenvalue weighted by molar-refractivity contribution is 5.73. The number of hydrogen-bond acceptors (Lipinski definition) is 10. The number of nitrogens with one attached hydrogen (secondary N) is 1. The molecule has 0 bridgehead atoms. The summed E-state index contributed by atoms with van der Waals surface area (Å²) in [7, 11) is 15.4. The van der Waals surface area contributed by atoms with Gasteiger partial charge in [0.05, 0.1) is 0 Å². The van der Waals surface area contributed by atoms with E-state index in [1.54, 1.807) is 11.8 Å². The molecule has 10 fully saturated rings. The zero-order valence-electron chi connectivity index (χ0n) is 59.0. The van der Waals surface area contributed by atoms with E-state index in [1.807, 2.05) is 4.90 Å². The molecule has 0 aromatic carbocycles. The molecule has 13 heteroatoms. The number of nitrogens with zero attached hydrogens (tertiary/aromatic N) is 9. The predicted octanol–water partition coefficient (Wildman–Crippen LogP) is 12.8. The van der Waals surface area contributed by atoms with Gasteiger partial charge in [-0.25, -0.2) is 4.79 Å². The Bertz CT molecular complexity index is 1350. The Kier molecular flexibility index (Phi) is 46.3. The monoisotopic (exact) mass is 1170 g/mol. The third-order valence-corrected chi connectivity index (χ3v) is 19.8. The summed E-state index contributed by atoms with van der Waals surface area (Å²) in [5, 5.41) is 3.32. The molecule has 3 N–H and O–H groups in total. The van der Waals surface area contributed by atoms with Crippen molar-refractivity contribution in [1.82, 2.24) is 49.4 Å². The minimum atomic E-state index is -0.271. The maximum Gasteiger partial charge on any atom is 0.314 e.